The molecule has 2 aromatic heterocycles. The van der Waals surface area contributed by atoms with Crippen LogP contribution in [-0.2, 0) is 0 Å². The lowest BCUT2D eigenvalue weighted by molar-refractivity contribution is 0.979. The summed E-state index contributed by atoms with van der Waals surface area (Å²) in [6.45, 7) is 0. The second-order valence-corrected chi connectivity index (χ2v) is 16.1. The van der Waals surface area contributed by atoms with E-state index in [9.17, 15) is 0 Å². The van der Waals surface area contributed by atoms with Gasteiger partial charge >= 0.3 is 0 Å². The summed E-state index contributed by atoms with van der Waals surface area (Å²) in [6.07, 6.45) is 8.80. The summed E-state index contributed by atoms with van der Waals surface area (Å²) in [6, 6.07) is 77.3. The van der Waals surface area contributed by atoms with Crippen LogP contribution >= 0.6 is 0 Å². The van der Waals surface area contributed by atoms with Crippen molar-refractivity contribution >= 4 is 94.2 Å². The lowest BCUT2D eigenvalue weighted by atomic mass is 10.0. The van der Waals surface area contributed by atoms with Crippen molar-refractivity contribution in [1.82, 2.24) is 9.13 Å². The predicted octanol–water partition coefficient (Wildman–Crippen LogP) is 16.2. The zero-order valence-electron chi connectivity index (χ0n) is 34.1. The highest BCUT2D eigenvalue weighted by Gasteiger charge is 2.23. The van der Waals surface area contributed by atoms with Gasteiger partial charge in [0, 0.05) is 66.5 Å². The fourth-order valence-electron chi connectivity index (χ4n) is 9.82. The van der Waals surface area contributed by atoms with Crippen LogP contribution < -0.4 is 9.80 Å². The molecular formula is C58H42N4. The number of para-hydroxylation sites is 5. The molecule has 11 aromatic rings. The molecule has 0 saturated heterocycles. The first-order valence-corrected chi connectivity index (χ1v) is 21.5. The van der Waals surface area contributed by atoms with E-state index in [2.05, 4.69) is 249 Å². The molecule has 0 saturated carbocycles. The maximum atomic E-state index is 2.46. The smallest absolute Gasteiger partial charge is 0.0542 e. The molecule has 9 aromatic carbocycles. The van der Waals surface area contributed by atoms with Gasteiger partial charge in [-0.1, -0.05) is 127 Å². The molecule has 4 heteroatoms. The standard InChI is InChI=1S/C58H42N4/c1-5-19-41(20-6-1)59(45-35-37-57-51(39-45)49-27-13-15-31-55(49)61(57)43-23-9-3-10-24-43)53-33-17-30-48-47(53)29-18-34-54(48)60(42-21-7-2-8-22-42)46-36-38-58-52(40-46)50-28-14-16-32-56(50)62(58)44-25-11-4-12-26-44/h1-11,13-25,27-40H,12,26H2. The second-order valence-electron chi connectivity index (χ2n) is 16.1. The summed E-state index contributed by atoms with van der Waals surface area (Å²) in [7, 11) is 0. The van der Waals surface area contributed by atoms with Gasteiger partial charge in [0.15, 0.2) is 0 Å². The van der Waals surface area contributed by atoms with Crippen LogP contribution in [0.1, 0.15) is 12.8 Å². The maximum absolute atomic E-state index is 2.46. The number of fused-ring (bicyclic) bond motifs is 7. The lowest BCUT2D eigenvalue weighted by Crippen LogP contribution is -2.12. The number of nitrogens with zero attached hydrogens (tertiary/aromatic N) is 4. The Bertz CT molecular complexity index is 3520. The van der Waals surface area contributed by atoms with Gasteiger partial charge in [-0.2, -0.15) is 0 Å². The first-order chi connectivity index (χ1) is 30.8. The van der Waals surface area contributed by atoms with E-state index in [0.717, 1.165) is 58.0 Å². The van der Waals surface area contributed by atoms with Crippen LogP contribution in [0.3, 0.4) is 0 Å². The third kappa shape index (κ3) is 5.83. The minimum atomic E-state index is 1.02. The molecule has 0 N–H and O–H groups in total. The molecule has 1 aliphatic carbocycles. The number of aromatic nitrogens is 2. The van der Waals surface area contributed by atoms with Crippen molar-refractivity contribution in [2.24, 2.45) is 0 Å². The summed E-state index contributed by atoms with van der Waals surface area (Å²) in [5.41, 5.74) is 14.0. The van der Waals surface area contributed by atoms with E-state index in [0.29, 0.717) is 0 Å². The number of benzene rings is 9. The van der Waals surface area contributed by atoms with Crippen LogP contribution in [0.15, 0.2) is 231 Å². The minimum Gasteiger partial charge on any atom is -0.313 e. The van der Waals surface area contributed by atoms with Gasteiger partial charge in [0.2, 0.25) is 0 Å². The van der Waals surface area contributed by atoms with Gasteiger partial charge < -0.3 is 18.9 Å². The quantitative estimate of drug-likeness (QED) is 0.152. The first kappa shape index (κ1) is 35.8. The molecular weight excluding hydrogens is 753 g/mol. The van der Waals surface area contributed by atoms with Gasteiger partial charge in [0.1, 0.15) is 0 Å². The molecule has 0 spiro atoms. The maximum Gasteiger partial charge on any atom is 0.0542 e. The average molecular weight is 795 g/mol. The van der Waals surface area contributed by atoms with Crippen molar-refractivity contribution in [2.75, 3.05) is 9.80 Å². The number of allylic oxidation sites excluding steroid dienone is 4. The minimum absolute atomic E-state index is 1.02. The number of hydrogen-bond acceptors (Lipinski definition) is 2. The van der Waals surface area contributed by atoms with E-state index in [1.165, 1.54) is 54.7 Å². The van der Waals surface area contributed by atoms with Crippen molar-refractivity contribution in [2.45, 2.75) is 12.8 Å². The highest BCUT2D eigenvalue weighted by molar-refractivity contribution is 6.14. The average Bonchev–Trinajstić information content (AvgIpc) is 3.85. The zero-order valence-corrected chi connectivity index (χ0v) is 34.1. The summed E-state index contributed by atoms with van der Waals surface area (Å²) in [4.78, 5) is 4.85. The van der Waals surface area contributed by atoms with Crippen molar-refractivity contribution in [3.05, 3.63) is 231 Å². The summed E-state index contributed by atoms with van der Waals surface area (Å²) in [5.74, 6) is 0. The van der Waals surface area contributed by atoms with E-state index in [4.69, 9.17) is 0 Å². The van der Waals surface area contributed by atoms with Gasteiger partial charge in [-0.05, 0) is 116 Å². The lowest BCUT2D eigenvalue weighted by Gasteiger charge is -2.30. The Morgan fingerprint density at radius 2 is 0.790 bits per heavy atom. The Hall–Kier alpha value is -8.08. The number of anilines is 6. The molecule has 62 heavy (non-hydrogen) atoms. The monoisotopic (exact) mass is 794 g/mol. The molecule has 0 bridgehead atoms. The summed E-state index contributed by atoms with van der Waals surface area (Å²) < 4.78 is 4.84. The van der Waals surface area contributed by atoms with E-state index >= 15 is 0 Å². The molecule has 0 aliphatic heterocycles. The van der Waals surface area contributed by atoms with Crippen LogP contribution in [-0.4, -0.2) is 9.13 Å². The first-order valence-electron chi connectivity index (χ1n) is 21.5. The largest absolute Gasteiger partial charge is 0.313 e. The van der Waals surface area contributed by atoms with Crippen molar-refractivity contribution in [3.63, 3.8) is 0 Å². The van der Waals surface area contributed by atoms with Gasteiger partial charge in [-0.15, -0.1) is 0 Å². The molecule has 294 valence electrons. The highest BCUT2D eigenvalue weighted by atomic mass is 15.2. The molecule has 4 nitrogen and oxygen atoms in total. The molecule has 0 unspecified atom stereocenters. The molecule has 0 amide bonds. The van der Waals surface area contributed by atoms with Crippen LogP contribution in [0.25, 0.3) is 65.8 Å². The van der Waals surface area contributed by atoms with E-state index < -0.39 is 0 Å². The number of hydrogen-bond donors (Lipinski definition) is 0. The van der Waals surface area contributed by atoms with Gasteiger partial charge in [0.05, 0.1) is 33.4 Å². The van der Waals surface area contributed by atoms with Gasteiger partial charge in [-0.25, -0.2) is 0 Å². The predicted molar refractivity (Wildman–Crippen MR) is 263 cm³/mol. The Morgan fingerprint density at radius 1 is 0.339 bits per heavy atom. The van der Waals surface area contributed by atoms with Gasteiger partial charge in [0.25, 0.3) is 0 Å². The van der Waals surface area contributed by atoms with Crippen molar-refractivity contribution in [3.8, 4) is 5.69 Å². The van der Waals surface area contributed by atoms with E-state index in [-0.39, 0.29) is 0 Å². The SMILES string of the molecule is C1=CCCC(n2c3ccccc3c3cc(N(c4ccccc4)c4cccc5c(N(c6ccccc6)c6ccc7c(c6)c6ccccc6n7-c6ccccc6)cccc45)ccc32)=C1. The molecule has 2 heterocycles. The van der Waals surface area contributed by atoms with Crippen LogP contribution in [0.4, 0.5) is 34.1 Å². The third-order valence-corrected chi connectivity index (χ3v) is 12.5. The Balaban J connectivity index is 1.06. The molecule has 0 radical (unpaired) electrons. The number of rotatable bonds is 8. The Labute approximate surface area is 360 Å². The molecule has 0 fully saturated rings. The van der Waals surface area contributed by atoms with Crippen LogP contribution in [0, 0.1) is 0 Å². The van der Waals surface area contributed by atoms with E-state index in [1.807, 2.05) is 0 Å². The molecule has 12 rings (SSSR count). The fourth-order valence-corrected chi connectivity index (χ4v) is 9.82. The summed E-state index contributed by atoms with van der Waals surface area (Å²) in [5, 5.41) is 7.28. The van der Waals surface area contributed by atoms with Crippen molar-refractivity contribution < 1.29 is 0 Å². The normalized spacial score (nSPS) is 12.7. The fraction of sp³-hybridized carbons (Fsp3) is 0.0345. The van der Waals surface area contributed by atoms with Crippen molar-refractivity contribution in [1.29, 1.82) is 0 Å². The Kier molecular flexibility index (Phi) is 8.60. The van der Waals surface area contributed by atoms with Crippen LogP contribution in [0.2, 0.25) is 0 Å². The van der Waals surface area contributed by atoms with Crippen LogP contribution in [0.5, 0.6) is 0 Å². The van der Waals surface area contributed by atoms with Gasteiger partial charge in [-0.3, -0.25) is 0 Å². The summed E-state index contributed by atoms with van der Waals surface area (Å²) >= 11 is 0. The second kappa shape index (κ2) is 14.9. The highest BCUT2D eigenvalue weighted by Crippen LogP contribution is 2.47. The topological polar surface area (TPSA) is 16.3 Å². The Morgan fingerprint density at radius 3 is 1.32 bits per heavy atom. The molecule has 0 atom stereocenters. The van der Waals surface area contributed by atoms with E-state index in [1.54, 1.807) is 0 Å². The third-order valence-electron chi connectivity index (χ3n) is 12.5. The zero-order chi connectivity index (χ0) is 41.0. The molecule has 1 aliphatic rings.